The number of methoxy groups -OCH3 is 1. The zero-order valence-corrected chi connectivity index (χ0v) is 9.75. The Morgan fingerprint density at radius 3 is 2.44 bits per heavy atom. The quantitative estimate of drug-likeness (QED) is 0.871. The molecule has 0 unspecified atom stereocenters. The van der Waals surface area contributed by atoms with Gasteiger partial charge in [-0.25, -0.2) is 4.79 Å². The molecule has 4 heteroatoms. The highest BCUT2D eigenvalue weighted by molar-refractivity contribution is 5.90. The molecule has 0 bridgehead atoms. The van der Waals surface area contributed by atoms with E-state index in [0.717, 1.165) is 0 Å². The lowest BCUT2D eigenvalue weighted by molar-refractivity contribution is 0.0696. The molecule has 2 aromatic rings. The van der Waals surface area contributed by atoms with Crippen molar-refractivity contribution in [1.29, 1.82) is 0 Å². The van der Waals surface area contributed by atoms with E-state index in [1.165, 1.54) is 19.2 Å². The Morgan fingerprint density at radius 1 is 1.11 bits per heavy atom. The molecule has 0 aromatic heterocycles. The molecule has 0 saturated carbocycles. The number of para-hydroxylation sites is 1. The zero-order chi connectivity index (χ0) is 13.1. The first-order valence-corrected chi connectivity index (χ1v) is 5.33. The molecular formula is C14H12O4. The first-order valence-electron chi connectivity index (χ1n) is 5.33. The van der Waals surface area contributed by atoms with Gasteiger partial charge >= 0.3 is 5.97 Å². The fourth-order valence-corrected chi connectivity index (χ4v) is 1.75. The molecule has 2 aromatic carbocycles. The largest absolute Gasteiger partial charge is 0.507 e. The maximum Gasteiger partial charge on any atom is 0.335 e. The number of aromatic hydroxyl groups is 1. The molecule has 0 saturated heterocycles. The Labute approximate surface area is 104 Å². The minimum Gasteiger partial charge on any atom is -0.507 e. The Morgan fingerprint density at radius 2 is 1.83 bits per heavy atom. The van der Waals surface area contributed by atoms with Gasteiger partial charge in [-0.1, -0.05) is 18.2 Å². The van der Waals surface area contributed by atoms with E-state index < -0.39 is 5.97 Å². The van der Waals surface area contributed by atoms with E-state index in [0.29, 0.717) is 16.9 Å². The van der Waals surface area contributed by atoms with E-state index in [1.807, 2.05) is 0 Å². The SMILES string of the molecule is COc1cc(C(=O)O)ccc1-c1ccccc1O. The average Bonchev–Trinajstić information content (AvgIpc) is 2.38. The van der Waals surface area contributed by atoms with Gasteiger partial charge in [-0.3, -0.25) is 0 Å². The molecule has 0 aliphatic rings. The molecule has 0 aliphatic heterocycles. The Bertz CT molecular complexity index is 590. The van der Waals surface area contributed by atoms with Crippen molar-refractivity contribution in [3.8, 4) is 22.6 Å². The van der Waals surface area contributed by atoms with E-state index in [9.17, 15) is 9.90 Å². The number of ether oxygens (including phenoxy) is 1. The highest BCUT2D eigenvalue weighted by Gasteiger charge is 2.12. The molecule has 2 N–H and O–H groups in total. The lowest BCUT2D eigenvalue weighted by atomic mass is 10.0. The molecule has 2 rings (SSSR count). The van der Waals surface area contributed by atoms with Gasteiger partial charge in [-0.2, -0.15) is 0 Å². The van der Waals surface area contributed by atoms with Crippen LogP contribution in [0.25, 0.3) is 11.1 Å². The Kier molecular flexibility index (Phi) is 3.19. The first-order chi connectivity index (χ1) is 8.63. The molecular weight excluding hydrogens is 232 g/mol. The van der Waals surface area contributed by atoms with Crippen molar-refractivity contribution in [2.75, 3.05) is 7.11 Å². The minimum absolute atomic E-state index is 0.124. The van der Waals surface area contributed by atoms with Gasteiger partial charge in [0.05, 0.1) is 12.7 Å². The molecule has 0 atom stereocenters. The summed E-state index contributed by atoms with van der Waals surface area (Å²) < 4.78 is 5.17. The average molecular weight is 244 g/mol. The van der Waals surface area contributed by atoms with Crippen molar-refractivity contribution in [3.63, 3.8) is 0 Å². The van der Waals surface area contributed by atoms with Crippen LogP contribution in [0.2, 0.25) is 0 Å². The second kappa shape index (κ2) is 4.79. The second-order valence-electron chi connectivity index (χ2n) is 3.74. The zero-order valence-electron chi connectivity index (χ0n) is 9.75. The molecule has 0 amide bonds. The molecule has 92 valence electrons. The standard InChI is InChI=1S/C14H12O4/c1-18-13-8-9(14(16)17)6-7-11(13)10-4-2-3-5-12(10)15/h2-8,15H,1H3,(H,16,17). The predicted octanol–water partition coefficient (Wildman–Crippen LogP) is 2.77. The number of phenolic OH excluding ortho intramolecular Hbond substituents is 1. The van der Waals surface area contributed by atoms with Crippen molar-refractivity contribution in [2.45, 2.75) is 0 Å². The van der Waals surface area contributed by atoms with Crippen LogP contribution in [0.3, 0.4) is 0 Å². The van der Waals surface area contributed by atoms with Gasteiger partial charge < -0.3 is 14.9 Å². The van der Waals surface area contributed by atoms with Crippen LogP contribution in [0.15, 0.2) is 42.5 Å². The fourth-order valence-electron chi connectivity index (χ4n) is 1.75. The van der Waals surface area contributed by atoms with E-state index in [-0.39, 0.29) is 11.3 Å². The van der Waals surface area contributed by atoms with Crippen molar-refractivity contribution in [2.24, 2.45) is 0 Å². The number of carboxylic acid groups (broad SMARTS) is 1. The van der Waals surface area contributed by atoms with Crippen LogP contribution in [0.4, 0.5) is 0 Å². The third-order valence-corrected chi connectivity index (χ3v) is 2.64. The van der Waals surface area contributed by atoms with Crippen LogP contribution in [0, 0.1) is 0 Å². The van der Waals surface area contributed by atoms with Crippen LogP contribution in [-0.2, 0) is 0 Å². The van der Waals surface area contributed by atoms with Gasteiger partial charge in [0.2, 0.25) is 0 Å². The Balaban J connectivity index is 2.58. The smallest absolute Gasteiger partial charge is 0.335 e. The summed E-state index contributed by atoms with van der Waals surface area (Å²) in [6, 6.07) is 11.4. The van der Waals surface area contributed by atoms with Gasteiger partial charge in [0.25, 0.3) is 0 Å². The Hall–Kier alpha value is -2.49. The monoisotopic (exact) mass is 244 g/mol. The van der Waals surface area contributed by atoms with Gasteiger partial charge in [-0.05, 0) is 24.3 Å². The summed E-state index contributed by atoms with van der Waals surface area (Å²) in [4.78, 5) is 10.9. The van der Waals surface area contributed by atoms with E-state index in [2.05, 4.69) is 0 Å². The number of hydrogen-bond donors (Lipinski definition) is 2. The summed E-state index contributed by atoms with van der Waals surface area (Å²) in [7, 11) is 1.46. The molecule has 0 spiro atoms. The van der Waals surface area contributed by atoms with Crippen LogP contribution in [-0.4, -0.2) is 23.3 Å². The topological polar surface area (TPSA) is 66.8 Å². The number of hydrogen-bond acceptors (Lipinski definition) is 3. The highest BCUT2D eigenvalue weighted by Crippen LogP contribution is 2.35. The number of phenols is 1. The third-order valence-electron chi connectivity index (χ3n) is 2.64. The minimum atomic E-state index is -1.02. The molecule has 18 heavy (non-hydrogen) atoms. The predicted molar refractivity (Wildman–Crippen MR) is 67.1 cm³/mol. The molecule has 0 radical (unpaired) electrons. The number of benzene rings is 2. The lowest BCUT2D eigenvalue weighted by Gasteiger charge is -2.10. The van der Waals surface area contributed by atoms with E-state index >= 15 is 0 Å². The number of carbonyl (C=O) groups is 1. The van der Waals surface area contributed by atoms with Gasteiger partial charge in [0.1, 0.15) is 11.5 Å². The van der Waals surface area contributed by atoms with Crippen molar-refractivity contribution >= 4 is 5.97 Å². The first kappa shape index (κ1) is 12.0. The number of aromatic carboxylic acids is 1. The molecule has 4 nitrogen and oxygen atoms in total. The summed E-state index contributed by atoms with van der Waals surface area (Å²) in [5.74, 6) is -0.479. The maximum atomic E-state index is 10.9. The summed E-state index contributed by atoms with van der Waals surface area (Å²) in [5.41, 5.74) is 1.40. The van der Waals surface area contributed by atoms with Crippen molar-refractivity contribution in [3.05, 3.63) is 48.0 Å². The normalized spacial score (nSPS) is 10.1. The molecule has 0 aliphatic carbocycles. The summed E-state index contributed by atoms with van der Waals surface area (Å²) in [6.07, 6.45) is 0. The summed E-state index contributed by atoms with van der Waals surface area (Å²) in [6.45, 7) is 0. The maximum absolute atomic E-state index is 10.9. The van der Waals surface area contributed by atoms with Crippen molar-refractivity contribution < 1.29 is 19.7 Å². The van der Waals surface area contributed by atoms with Crippen LogP contribution >= 0.6 is 0 Å². The third kappa shape index (κ3) is 2.13. The van der Waals surface area contributed by atoms with Crippen molar-refractivity contribution in [1.82, 2.24) is 0 Å². The lowest BCUT2D eigenvalue weighted by Crippen LogP contribution is -1.98. The number of carboxylic acids is 1. The van der Waals surface area contributed by atoms with Gasteiger partial charge in [0, 0.05) is 11.1 Å². The molecule has 0 heterocycles. The second-order valence-corrected chi connectivity index (χ2v) is 3.74. The van der Waals surface area contributed by atoms with E-state index in [4.69, 9.17) is 9.84 Å². The van der Waals surface area contributed by atoms with Gasteiger partial charge in [-0.15, -0.1) is 0 Å². The van der Waals surface area contributed by atoms with Crippen LogP contribution in [0.1, 0.15) is 10.4 Å². The fraction of sp³-hybridized carbons (Fsp3) is 0.0714. The summed E-state index contributed by atoms with van der Waals surface area (Å²) in [5, 5.41) is 18.7. The van der Waals surface area contributed by atoms with Gasteiger partial charge in [0.15, 0.2) is 0 Å². The number of rotatable bonds is 3. The van der Waals surface area contributed by atoms with E-state index in [1.54, 1.807) is 30.3 Å². The van der Waals surface area contributed by atoms with Crippen LogP contribution in [0.5, 0.6) is 11.5 Å². The highest BCUT2D eigenvalue weighted by atomic mass is 16.5. The molecule has 0 fully saturated rings. The summed E-state index contributed by atoms with van der Waals surface area (Å²) >= 11 is 0. The van der Waals surface area contributed by atoms with Crippen LogP contribution < -0.4 is 4.74 Å².